The highest BCUT2D eigenvalue weighted by Gasteiger charge is 2.27. The Morgan fingerprint density at radius 1 is 0.644 bits per heavy atom. The zero-order chi connectivity index (χ0) is 31.4. The number of rotatable bonds is 15. The molecule has 0 aromatic heterocycles. The minimum atomic E-state index is -0.0627. The van der Waals surface area contributed by atoms with Crippen molar-refractivity contribution >= 4 is 5.57 Å². The molecule has 3 aliphatic carbocycles. The predicted molar refractivity (Wildman–Crippen MR) is 186 cm³/mol. The molecule has 3 aliphatic rings. The predicted octanol–water partition coefficient (Wildman–Crippen LogP) is 13.2. The first-order chi connectivity index (χ1) is 22.1. The molecule has 2 fully saturated rings. The molecule has 0 radical (unpaired) electrons. The monoisotopic (exact) mass is 618 g/mol. The minimum absolute atomic E-state index is 0.0456. The van der Waals surface area contributed by atoms with Crippen LogP contribution in [0.5, 0.6) is 0 Å². The Labute approximate surface area is 273 Å². The van der Waals surface area contributed by atoms with Crippen LogP contribution >= 0.6 is 0 Å². The number of hydrogen-bond donors (Lipinski definition) is 0. The minimum Gasteiger partial charge on any atom is -0.378 e. The second kappa shape index (κ2) is 17.8. The van der Waals surface area contributed by atoms with Crippen LogP contribution in [0.1, 0.15) is 182 Å². The first kappa shape index (κ1) is 34.3. The maximum Gasteiger partial charge on any atom is 0.130 e. The Bertz CT molecular complexity index is 1200. The molecule has 0 N–H and O–H groups in total. The van der Waals surface area contributed by atoms with E-state index >= 15 is 8.78 Å². The number of unbranched alkanes of at least 4 members (excludes halogenated alkanes) is 6. The van der Waals surface area contributed by atoms with Crippen molar-refractivity contribution in [1.82, 2.24) is 0 Å². The van der Waals surface area contributed by atoms with E-state index in [1.165, 1.54) is 76.2 Å². The Morgan fingerprint density at radius 3 is 2.00 bits per heavy atom. The zero-order valence-electron chi connectivity index (χ0n) is 28.4. The molecule has 1 nitrogen and oxygen atoms in total. The molecule has 0 spiro atoms. The largest absolute Gasteiger partial charge is 0.378 e. The highest BCUT2D eigenvalue weighted by Crippen LogP contribution is 2.42. The lowest BCUT2D eigenvalue weighted by molar-refractivity contribution is 0.0230. The van der Waals surface area contributed by atoms with E-state index in [9.17, 15) is 0 Å². The van der Waals surface area contributed by atoms with E-state index < -0.39 is 0 Å². The molecule has 2 aromatic carbocycles. The van der Waals surface area contributed by atoms with Crippen LogP contribution in [0.25, 0.3) is 5.57 Å². The molecule has 2 saturated carbocycles. The summed E-state index contributed by atoms with van der Waals surface area (Å²) in [6.07, 6.45) is 26.2. The van der Waals surface area contributed by atoms with Crippen molar-refractivity contribution in [3.63, 3.8) is 0 Å². The first-order valence-corrected chi connectivity index (χ1v) is 18.9. The van der Waals surface area contributed by atoms with Crippen molar-refractivity contribution in [2.45, 2.75) is 166 Å². The van der Waals surface area contributed by atoms with Crippen LogP contribution in [0, 0.1) is 17.6 Å². The summed E-state index contributed by atoms with van der Waals surface area (Å²) in [5.41, 5.74) is 5.05. The third-order valence-corrected chi connectivity index (χ3v) is 11.5. The maximum atomic E-state index is 15.5. The molecule has 0 amide bonds. The lowest BCUT2D eigenvalue weighted by Gasteiger charge is -2.30. The molecule has 45 heavy (non-hydrogen) atoms. The average Bonchev–Trinajstić information content (AvgIpc) is 3.07. The highest BCUT2D eigenvalue weighted by molar-refractivity contribution is 5.67. The van der Waals surface area contributed by atoms with Crippen LogP contribution < -0.4 is 0 Å². The van der Waals surface area contributed by atoms with Crippen LogP contribution in [-0.2, 0) is 4.74 Å². The van der Waals surface area contributed by atoms with Crippen LogP contribution in [0.4, 0.5) is 8.78 Å². The number of halogens is 2. The van der Waals surface area contributed by atoms with E-state index in [4.69, 9.17) is 4.74 Å². The number of benzene rings is 2. The second-order valence-electron chi connectivity index (χ2n) is 14.7. The third kappa shape index (κ3) is 9.75. The zero-order valence-corrected chi connectivity index (χ0v) is 28.4. The van der Waals surface area contributed by atoms with Gasteiger partial charge < -0.3 is 4.74 Å². The summed E-state index contributed by atoms with van der Waals surface area (Å²) in [7, 11) is 0. The molecule has 1 unspecified atom stereocenters. The van der Waals surface area contributed by atoms with Gasteiger partial charge >= 0.3 is 0 Å². The Balaban J connectivity index is 1.09. The van der Waals surface area contributed by atoms with Gasteiger partial charge in [0.2, 0.25) is 0 Å². The van der Waals surface area contributed by atoms with E-state index in [2.05, 4.69) is 32.1 Å². The van der Waals surface area contributed by atoms with Crippen molar-refractivity contribution < 1.29 is 13.5 Å². The van der Waals surface area contributed by atoms with E-state index in [-0.39, 0.29) is 11.6 Å². The SMILES string of the molecule is CCCCCCCCC1CCC(c2ccc(C3=CCC(c4ccc(C5CCC(OCCCC)CC5)c(F)c4)CC3)c(F)c2)CC1. The first-order valence-electron chi connectivity index (χ1n) is 18.9. The summed E-state index contributed by atoms with van der Waals surface area (Å²) < 4.78 is 36.8. The standard InChI is InChI=1S/C42H60F2O/c1-3-5-7-8-9-10-11-31-12-14-32(15-13-31)36-22-26-39(41(43)29-36)34-18-16-33(17-19-34)37-23-27-40(42(44)30-37)35-20-24-38(25-21-35)45-28-6-4-2/h18,22-23,26-27,29-33,35,38H,3-17,19-21,24-25,28H2,1-2H3. The Hall–Kier alpha value is -2.00. The van der Waals surface area contributed by atoms with Crippen molar-refractivity contribution in [2.24, 2.45) is 5.92 Å². The summed E-state index contributed by atoms with van der Waals surface area (Å²) in [6.45, 7) is 5.32. The van der Waals surface area contributed by atoms with Gasteiger partial charge in [-0.2, -0.15) is 0 Å². The van der Waals surface area contributed by atoms with Crippen LogP contribution in [-0.4, -0.2) is 12.7 Å². The number of hydrogen-bond acceptors (Lipinski definition) is 1. The topological polar surface area (TPSA) is 9.23 Å². The fraction of sp³-hybridized carbons (Fsp3) is 0.667. The molecular formula is C42H60F2O. The molecule has 0 aliphatic heterocycles. The second-order valence-corrected chi connectivity index (χ2v) is 14.7. The van der Waals surface area contributed by atoms with Gasteiger partial charge in [0.1, 0.15) is 11.6 Å². The number of ether oxygens (including phenoxy) is 1. The van der Waals surface area contributed by atoms with E-state index in [1.807, 2.05) is 18.2 Å². The molecular weight excluding hydrogens is 558 g/mol. The molecule has 5 rings (SSSR count). The normalized spacial score (nSPS) is 25.7. The molecule has 2 aromatic rings. The lowest BCUT2D eigenvalue weighted by atomic mass is 9.76. The third-order valence-electron chi connectivity index (χ3n) is 11.5. The Morgan fingerprint density at radius 2 is 1.31 bits per heavy atom. The fourth-order valence-electron chi connectivity index (χ4n) is 8.49. The van der Waals surface area contributed by atoms with Gasteiger partial charge in [0, 0.05) is 12.2 Å². The van der Waals surface area contributed by atoms with Gasteiger partial charge in [-0.05, 0) is 135 Å². The molecule has 0 saturated heterocycles. The van der Waals surface area contributed by atoms with Crippen LogP contribution in [0.2, 0.25) is 0 Å². The molecule has 1 atom stereocenters. The molecule has 248 valence electrons. The Kier molecular flexibility index (Phi) is 13.6. The van der Waals surface area contributed by atoms with Crippen LogP contribution in [0.15, 0.2) is 42.5 Å². The van der Waals surface area contributed by atoms with Gasteiger partial charge in [0.05, 0.1) is 6.10 Å². The van der Waals surface area contributed by atoms with Crippen LogP contribution in [0.3, 0.4) is 0 Å². The van der Waals surface area contributed by atoms with E-state index in [0.717, 1.165) is 92.6 Å². The summed E-state index contributed by atoms with van der Waals surface area (Å²) in [5, 5.41) is 0. The van der Waals surface area contributed by atoms with Crippen molar-refractivity contribution in [3.8, 4) is 0 Å². The summed E-state index contributed by atoms with van der Waals surface area (Å²) >= 11 is 0. The van der Waals surface area contributed by atoms with Gasteiger partial charge in [-0.15, -0.1) is 0 Å². The van der Waals surface area contributed by atoms with Gasteiger partial charge in [0.25, 0.3) is 0 Å². The molecule has 3 heteroatoms. The van der Waals surface area contributed by atoms with Gasteiger partial charge in [-0.25, -0.2) is 8.78 Å². The summed E-state index contributed by atoms with van der Waals surface area (Å²) in [5.74, 6) is 1.87. The van der Waals surface area contributed by atoms with Gasteiger partial charge in [0.15, 0.2) is 0 Å². The van der Waals surface area contributed by atoms with Crippen molar-refractivity contribution in [2.75, 3.05) is 6.61 Å². The quantitative estimate of drug-likeness (QED) is 0.180. The highest BCUT2D eigenvalue weighted by atomic mass is 19.1. The lowest BCUT2D eigenvalue weighted by Crippen LogP contribution is -2.21. The van der Waals surface area contributed by atoms with Crippen molar-refractivity contribution in [1.29, 1.82) is 0 Å². The van der Waals surface area contributed by atoms with E-state index in [0.29, 0.717) is 23.9 Å². The smallest absolute Gasteiger partial charge is 0.130 e. The molecule has 0 bridgehead atoms. The van der Waals surface area contributed by atoms with E-state index in [1.54, 1.807) is 6.07 Å². The van der Waals surface area contributed by atoms with Crippen molar-refractivity contribution in [3.05, 3.63) is 76.4 Å². The number of allylic oxidation sites excluding steroid dienone is 2. The summed E-state index contributed by atoms with van der Waals surface area (Å²) in [6, 6.07) is 12.1. The molecule has 0 heterocycles. The average molecular weight is 619 g/mol. The summed E-state index contributed by atoms with van der Waals surface area (Å²) in [4.78, 5) is 0. The maximum absolute atomic E-state index is 15.5. The van der Waals surface area contributed by atoms with Gasteiger partial charge in [-0.1, -0.05) is 95.6 Å². The van der Waals surface area contributed by atoms with Gasteiger partial charge in [-0.3, -0.25) is 0 Å². The fourth-order valence-corrected chi connectivity index (χ4v) is 8.49.